The SMILES string of the molecule is COc1ccc2oc(-c3ccc(NC(=S)NC(=O)c4ccc(OC)c(OC)c4)cc3)nc2c1. The number of fused-ring (bicyclic) bond motifs is 1. The molecule has 1 amide bonds. The third-order valence-electron chi connectivity index (χ3n) is 4.86. The van der Waals surface area contributed by atoms with Crippen LogP contribution in [-0.4, -0.2) is 37.3 Å². The minimum Gasteiger partial charge on any atom is -0.497 e. The summed E-state index contributed by atoms with van der Waals surface area (Å²) in [5.41, 5.74) is 3.28. The van der Waals surface area contributed by atoms with Crippen molar-refractivity contribution in [2.24, 2.45) is 0 Å². The van der Waals surface area contributed by atoms with E-state index in [1.54, 1.807) is 25.3 Å². The minimum atomic E-state index is -0.369. The van der Waals surface area contributed by atoms with Gasteiger partial charge in [0.2, 0.25) is 5.89 Å². The van der Waals surface area contributed by atoms with E-state index in [-0.39, 0.29) is 11.0 Å². The number of amides is 1. The van der Waals surface area contributed by atoms with Crippen LogP contribution in [0.1, 0.15) is 10.4 Å². The molecule has 0 aliphatic rings. The molecule has 33 heavy (non-hydrogen) atoms. The maximum absolute atomic E-state index is 12.5. The quantitative estimate of drug-likeness (QED) is 0.399. The number of ether oxygens (including phenoxy) is 3. The topological polar surface area (TPSA) is 94.9 Å². The molecule has 3 aromatic carbocycles. The van der Waals surface area contributed by atoms with Gasteiger partial charge in [-0.25, -0.2) is 4.98 Å². The number of rotatable bonds is 6. The second-order valence-electron chi connectivity index (χ2n) is 6.91. The van der Waals surface area contributed by atoms with Crippen molar-refractivity contribution in [3.63, 3.8) is 0 Å². The molecule has 9 heteroatoms. The van der Waals surface area contributed by atoms with Gasteiger partial charge in [0.25, 0.3) is 5.91 Å². The van der Waals surface area contributed by atoms with Crippen LogP contribution in [0.4, 0.5) is 5.69 Å². The number of thiocarbonyl (C=S) groups is 1. The number of benzene rings is 3. The van der Waals surface area contributed by atoms with Gasteiger partial charge in [0, 0.05) is 22.9 Å². The largest absolute Gasteiger partial charge is 0.497 e. The molecule has 168 valence electrons. The molecular formula is C24H21N3O5S. The molecule has 0 spiro atoms. The lowest BCUT2D eigenvalue weighted by molar-refractivity contribution is 0.0977. The fourth-order valence-corrected chi connectivity index (χ4v) is 3.38. The zero-order valence-corrected chi connectivity index (χ0v) is 19.0. The summed E-state index contributed by atoms with van der Waals surface area (Å²) in [6, 6.07) is 17.7. The summed E-state index contributed by atoms with van der Waals surface area (Å²) in [6.07, 6.45) is 0. The second-order valence-corrected chi connectivity index (χ2v) is 7.32. The van der Waals surface area contributed by atoms with Crippen LogP contribution in [0.3, 0.4) is 0 Å². The Morgan fingerprint density at radius 3 is 2.36 bits per heavy atom. The number of carbonyl (C=O) groups excluding carboxylic acids is 1. The molecule has 0 radical (unpaired) electrons. The number of hydrogen-bond donors (Lipinski definition) is 2. The normalized spacial score (nSPS) is 10.5. The van der Waals surface area contributed by atoms with Crippen LogP contribution in [0.5, 0.6) is 17.2 Å². The number of hydrogen-bond acceptors (Lipinski definition) is 7. The Hall–Kier alpha value is -4.11. The smallest absolute Gasteiger partial charge is 0.257 e. The van der Waals surface area contributed by atoms with Crippen molar-refractivity contribution in [2.45, 2.75) is 0 Å². The van der Waals surface area contributed by atoms with Crippen LogP contribution in [0.15, 0.2) is 65.1 Å². The number of anilines is 1. The molecule has 0 aliphatic heterocycles. The van der Waals surface area contributed by atoms with Crippen LogP contribution in [0, 0.1) is 0 Å². The molecule has 4 aromatic rings. The number of nitrogens with zero attached hydrogens (tertiary/aromatic N) is 1. The lowest BCUT2D eigenvalue weighted by atomic mass is 10.2. The highest BCUT2D eigenvalue weighted by Gasteiger charge is 2.13. The summed E-state index contributed by atoms with van der Waals surface area (Å²) < 4.78 is 21.5. The van der Waals surface area contributed by atoms with Crippen molar-refractivity contribution in [2.75, 3.05) is 26.6 Å². The van der Waals surface area contributed by atoms with E-state index < -0.39 is 0 Å². The standard InChI is InChI=1S/C24H21N3O5S/c1-29-17-9-11-19-18(13-17)26-23(32-19)14-4-7-16(8-5-14)25-24(33)27-22(28)15-6-10-20(30-2)21(12-15)31-3/h4-13H,1-3H3,(H2,25,27,28,33). The van der Waals surface area contributed by atoms with Crippen molar-refractivity contribution >= 4 is 40.0 Å². The molecule has 0 saturated heterocycles. The molecule has 0 bridgehead atoms. The van der Waals surface area contributed by atoms with E-state index in [4.69, 9.17) is 30.8 Å². The van der Waals surface area contributed by atoms with E-state index in [0.717, 1.165) is 5.56 Å². The van der Waals surface area contributed by atoms with E-state index in [9.17, 15) is 4.79 Å². The Kier molecular flexibility index (Phi) is 6.41. The number of aromatic nitrogens is 1. The Balaban J connectivity index is 1.41. The van der Waals surface area contributed by atoms with Gasteiger partial charge < -0.3 is 23.9 Å². The first kappa shape index (κ1) is 22.1. The predicted molar refractivity (Wildman–Crippen MR) is 129 cm³/mol. The molecule has 0 unspecified atom stereocenters. The third kappa shape index (κ3) is 4.88. The first-order valence-electron chi connectivity index (χ1n) is 9.90. The summed E-state index contributed by atoms with van der Waals surface area (Å²) in [6.45, 7) is 0. The van der Waals surface area contributed by atoms with Crippen molar-refractivity contribution in [3.8, 4) is 28.7 Å². The highest BCUT2D eigenvalue weighted by molar-refractivity contribution is 7.80. The first-order chi connectivity index (χ1) is 16.0. The summed E-state index contributed by atoms with van der Waals surface area (Å²) in [5.74, 6) is 1.83. The molecule has 0 saturated carbocycles. The summed E-state index contributed by atoms with van der Waals surface area (Å²) >= 11 is 5.27. The van der Waals surface area contributed by atoms with Gasteiger partial charge in [0.1, 0.15) is 11.3 Å². The maximum atomic E-state index is 12.5. The van der Waals surface area contributed by atoms with Gasteiger partial charge in [0.15, 0.2) is 22.2 Å². The fraction of sp³-hybridized carbons (Fsp3) is 0.125. The Bertz CT molecular complexity index is 1320. The summed E-state index contributed by atoms with van der Waals surface area (Å²) in [5, 5.41) is 5.80. The van der Waals surface area contributed by atoms with Crippen molar-refractivity contribution < 1.29 is 23.4 Å². The van der Waals surface area contributed by atoms with E-state index in [1.807, 2.05) is 42.5 Å². The summed E-state index contributed by atoms with van der Waals surface area (Å²) in [7, 11) is 4.64. The molecule has 0 fully saturated rings. The first-order valence-corrected chi connectivity index (χ1v) is 10.3. The number of carbonyl (C=O) groups is 1. The Morgan fingerprint density at radius 2 is 1.67 bits per heavy atom. The highest BCUT2D eigenvalue weighted by Crippen LogP contribution is 2.28. The van der Waals surface area contributed by atoms with Gasteiger partial charge in [-0.15, -0.1) is 0 Å². The fourth-order valence-electron chi connectivity index (χ4n) is 3.17. The van der Waals surface area contributed by atoms with Gasteiger partial charge in [-0.3, -0.25) is 10.1 Å². The maximum Gasteiger partial charge on any atom is 0.257 e. The minimum absolute atomic E-state index is 0.163. The highest BCUT2D eigenvalue weighted by atomic mass is 32.1. The van der Waals surface area contributed by atoms with Gasteiger partial charge >= 0.3 is 0 Å². The molecule has 0 atom stereocenters. The predicted octanol–water partition coefficient (Wildman–Crippen LogP) is 4.65. The van der Waals surface area contributed by atoms with Crippen molar-refractivity contribution in [1.82, 2.24) is 10.3 Å². The lowest BCUT2D eigenvalue weighted by Crippen LogP contribution is -2.34. The monoisotopic (exact) mass is 463 g/mol. The third-order valence-corrected chi connectivity index (χ3v) is 5.06. The van der Waals surface area contributed by atoms with Crippen molar-refractivity contribution in [3.05, 3.63) is 66.2 Å². The molecule has 2 N–H and O–H groups in total. The zero-order valence-electron chi connectivity index (χ0n) is 18.2. The number of methoxy groups -OCH3 is 3. The van der Waals surface area contributed by atoms with E-state index in [0.29, 0.717) is 45.5 Å². The molecule has 8 nitrogen and oxygen atoms in total. The molecule has 1 heterocycles. The van der Waals surface area contributed by atoms with E-state index >= 15 is 0 Å². The van der Waals surface area contributed by atoms with Crippen LogP contribution >= 0.6 is 12.2 Å². The second kappa shape index (κ2) is 9.58. The van der Waals surface area contributed by atoms with Crippen LogP contribution in [0.2, 0.25) is 0 Å². The van der Waals surface area contributed by atoms with Gasteiger partial charge in [0.05, 0.1) is 21.3 Å². The molecular weight excluding hydrogens is 442 g/mol. The van der Waals surface area contributed by atoms with Gasteiger partial charge in [-0.05, 0) is 66.8 Å². The molecule has 0 aliphatic carbocycles. The molecule has 4 rings (SSSR count). The van der Waals surface area contributed by atoms with Gasteiger partial charge in [-0.1, -0.05) is 0 Å². The van der Waals surface area contributed by atoms with Crippen LogP contribution in [-0.2, 0) is 0 Å². The molecule has 1 aromatic heterocycles. The van der Waals surface area contributed by atoms with E-state index in [1.165, 1.54) is 14.2 Å². The van der Waals surface area contributed by atoms with E-state index in [2.05, 4.69) is 15.6 Å². The van der Waals surface area contributed by atoms with Gasteiger partial charge in [-0.2, -0.15) is 0 Å². The number of oxazole rings is 1. The Morgan fingerprint density at radius 1 is 0.909 bits per heavy atom. The summed E-state index contributed by atoms with van der Waals surface area (Å²) in [4.78, 5) is 17.0. The van der Waals surface area contributed by atoms with Crippen molar-refractivity contribution in [1.29, 1.82) is 0 Å². The average molecular weight is 464 g/mol. The number of nitrogens with one attached hydrogen (secondary N) is 2. The van der Waals surface area contributed by atoms with Crippen LogP contribution in [0.25, 0.3) is 22.6 Å². The Labute approximate surface area is 195 Å². The average Bonchev–Trinajstić information content (AvgIpc) is 3.27. The lowest BCUT2D eigenvalue weighted by Gasteiger charge is -2.12. The zero-order chi connectivity index (χ0) is 23.4. The van der Waals surface area contributed by atoms with Crippen LogP contribution < -0.4 is 24.8 Å².